The summed E-state index contributed by atoms with van der Waals surface area (Å²) in [6.45, 7) is 5.03. The Morgan fingerprint density at radius 3 is 2.48 bits per heavy atom. The van der Waals surface area contributed by atoms with Gasteiger partial charge in [0.05, 0.1) is 18.5 Å². The minimum atomic E-state index is -1.22. The Balaban J connectivity index is 1.92. The van der Waals surface area contributed by atoms with Gasteiger partial charge in [-0.15, -0.1) is 0 Å². The van der Waals surface area contributed by atoms with Crippen molar-refractivity contribution in [2.75, 3.05) is 40.3 Å². The highest BCUT2D eigenvalue weighted by atomic mass is 16.5. The van der Waals surface area contributed by atoms with Crippen LogP contribution in [0, 0.1) is 5.92 Å². The molecular weight excluding hydrogens is 540 g/mol. The summed E-state index contributed by atoms with van der Waals surface area (Å²) in [6.07, 6.45) is 3.52. The van der Waals surface area contributed by atoms with Gasteiger partial charge in [0, 0.05) is 6.54 Å². The van der Waals surface area contributed by atoms with Crippen molar-refractivity contribution < 1.29 is 28.7 Å². The van der Waals surface area contributed by atoms with E-state index in [1.807, 2.05) is 32.8 Å². The number of hydrogen-bond donors (Lipinski definition) is 5. The number of carbonyl (C=O) groups excluding carboxylic acids is 5. The molecule has 12 nitrogen and oxygen atoms in total. The lowest BCUT2D eigenvalue weighted by Gasteiger charge is -2.38. The van der Waals surface area contributed by atoms with E-state index < -0.39 is 41.3 Å². The first-order valence-electron chi connectivity index (χ1n) is 14.9. The average molecular weight is 587 g/mol. The number of para-hydroxylation sites is 1. The summed E-state index contributed by atoms with van der Waals surface area (Å²) in [5, 5.41) is 14.1. The molecule has 0 aromatic heterocycles. The van der Waals surface area contributed by atoms with Crippen LogP contribution < -0.4 is 31.3 Å². The summed E-state index contributed by atoms with van der Waals surface area (Å²) in [5.41, 5.74) is -1.02. The summed E-state index contributed by atoms with van der Waals surface area (Å²) >= 11 is 0. The number of fused-ring (bicyclic) bond motifs is 1. The lowest BCUT2D eigenvalue weighted by atomic mass is 9.80. The number of nitrogens with one attached hydrogen (secondary N) is 5. The Hall–Kier alpha value is -3.67. The first-order valence-corrected chi connectivity index (χ1v) is 14.9. The molecule has 1 aromatic carbocycles. The Morgan fingerprint density at radius 2 is 1.79 bits per heavy atom. The van der Waals surface area contributed by atoms with Gasteiger partial charge >= 0.3 is 0 Å². The molecule has 5 N–H and O–H groups in total. The highest BCUT2D eigenvalue weighted by molar-refractivity contribution is 6.01. The standard InChI is InChI=1S/C30H46N6O6/c1-20(2)25-28(40)32-16-18-42-23-12-7-6-11-21(23)26(38)33-22(27(39)31-15-10-17-36(3)4)19-24(37)35-30(29(41)34-25)13-8-5-9-14-30/h6-7,11-12,20,22,25H,5,8-10,13-19H2,1-4H3,(H,31,39)(H,32,40)(H,33,38)(H,34,41)(H,35,37)/t22-,25+/m0/s1. The highest BCUT2D eigenvalue weighted by Crippen LogP contribution is 2.29. The Morgan fingerprint density at radius 1 is 1.07 bits per heavy atom. The van der Waals surface area contributed by atoms with Crippen molar-refractivity contribution in [1.29, 1.82) is 0 Å². The molecule has 0 bridgehead atoms. The fourth-order valence-electron chi connectivity index (χ4n) is 5.28. The maximum Gasteiger partial charge on any atom is 0.255 e. The average Bonchev–Trinajstić information content (AvgIpc) is 2.95. The molecule has 0 unspecified atom stereocenters. The zero-order chi connectivity index (χ0) is 30.7. The van der Waals surface area contributed by atoms with Crippen LogP contribution >= 0.6 is 0 Å². The van der Waals surface area contributed by atoms with Crippen LogP contribution in [0.3, 0.4) is 0 Å². The fourth-order valence-corrected chi connectivity index (χ4v) is 5.28. The predicted molar refractivity (Wildman–Crippen MR) is 158 cm³/mol. The lowest BCUT2D eigenvalue weighted by molar-refractivity contribution is -0.138. The first kappa shape index (κ1) is 32.8. The van der Waals surface area contributed by atoms with Gasteiger partial charge in [0.15, 0.2) is 0 Å². The van der Waals surface area contributed by atoms with Gasteiger partial charge in [-0.1, -0.05) is 45.2 Å². The summed E-state index contributed by atoms with van der Waals surface area (Å²) < 4.78 is 5.81. The van der Waals surface area contributed by atoms with Crippen molar-refractivity contribution in [1.82, 2.24) is 31.5 Å². The molecule has 0 radical (unpaired) electrons. The second kappa shape index (κ2) is 15.5. The normalized spacial score (nSPS) is 22.2. The SMILES string of the molecule is CC(C)[C@H]1NC(=O)C2(CCCCC2)NC(=O)C[C@@H](C(=O)NCCCN(C)C)NC(=O)c2ccccc2OCCNC1=O. The van der Waals surface area contributed by atoms with E-state index in [-0.39, 0.29) is 42.7 Å². The van der Waals surface area contributed by atoms with Crippen LogP contribution in [0.15, 0.2) is 24.3 Å². The van der Waals surface area contributed by atoms with Crippen LogP contribution in [0.1, 0.15) is 69.2 Å². The van der Waals surface area contributed by atoms with E-state index in [4.69, 9.17) is 4.74 Å². The van der Waals surface area contributed by atoms with Gasteiger partial charge in [-0.25, -0.2) is 0 Å². The van der Waals surface area contributed by atoms with Crippen molar-refractivity contribution >= 4 is 29.5 Å². The fraction of sp³-hybridized carbons (Fsp3) is 0.633. The largest absolute Gasteiger partial charge is 0.491 e. The summed E-state index contributed by atoms with van der Waals surface area (Å²) in [7, 11) is 3.87. The van der Waals surface area contributed by atoms with Gasteiger partial charge in [0.1, 0.15) is 30.0 Å². The summed E-state index contributed by atoms with van der Waals surface area (Å²) in [6, 6.07) is 4.57. The van der Waals surface area contributed by atoms with Crippen LogP contribution in [0.2, 0.25) is 0 Å². The zero-order valence-electron chi connectivity index (χ0n) is 25.2. The number of rotatable bonds is 6. The maximum absolute atomic E-state index is 13.7. The molecule has 3 rings (SSSR count). The maximum atomic E-state index is 13.7. The number of carbonyl (C=O) groups is 5. The van der Waals surface area contributed by atoms with Gasteiger partial charge in [-0.3, -0.25) is 24.0 Å². The van der Waals surface area contributed by atoms with Crippen molar-refractivity contribution in [3.8, 4) is 5.75 Å². The number of hydrogen-bond acceptors (Lipinski definition) is 7. The third kappa shape index (κ3) is 9.17. The van der Waals surface area contributed by atoms with Gasteiger partial charge in [-0.05, 0) is 58.0 Å². The van der Waals surface area contributed by atoms with E-state index in [0.717, 1.165) is 25.8 Å². The van der Waals surface area contributed by atoms with E-state index in [1.54, 1.807) is 24.3 Å². The second-order valence-electron chi connectivity index (χ2n) is 11.7. The van der Waals surface area contributed by atoms with Crippen LogP contribution in [-0.2, 0) is 19.2 Å². The van der Waals surface area contributed by atoms with Crippen molar-refractivity contribution in [2.24, 2.45) is 5.92 Å². The third-order valence-electron chi connectivity index (χ3n) is 7.64. The lowest BCUT2D eigenvalue weighted by Crippen LogP contribution is -2.64. The second-order valence-corrected chi connectivity index (χ2v) is 11.7. The Bertz CT molecular complexity index is 1120. The molecule has 1 spiro atoms. The quantitative estimate of drug-likeness (QED) is 0.307. The molecule has 1 aliphatic heterocycles. The van der Waals surface area contributed by atoms with E-state index in [1.165, 1.54) is 0 Å². The van der Waals surface area contributed by atoms with Crippen molar-refractivity contribution in [3.05, 3.63) is 29.8 Å². The van der Waals surface area contributed by atoms with Crippen LogP contribution in [0.25, 0.3) is 0 Å². The van der Waals surface area contributed by atoms with Crippen LogP contribution in [0.5, 0.6) is 5.75 Å². The number of benzene rings is 1. The molecule has 1 aliphatic carbocycles. The van der Waals surface area contributed by atoms with Crippen molar-refractivity contribution in [2.45, 2.75) is 76.4 Å². The van der Waals surface area contributed by atoms with E-state index in [0.29, 0.717) is 25.8 Å². The minimum absolute atomic E-state index is 0.0779. The molecule has 1 fully saturated rings. The molecule has 2 aliphatic rings. The summed E-state index contributed by atoms with van der Waals surface area (Å²) in [5.74, 6) is -2.34. The molecule has 5 amide bonds. The van der Waals surface area contributed by atoms with Gasteiger partial charge in [-0.2, -0.15) is 0 Å². The molecule has 42 heavy (non-hydrogen) atoms. The smallest absolute Gasteiger partial charge is 0.255 e. The van der Waals surface area contributed by atoms with E-state index >= 15 is 0 Å². The third-order valence-corrected chi connectivity index (χ3v) is 7.64. The number of amides is 5. The Kier molecular flexibility index (Phi) is 12.1. The molecule has 1 aromatic rings. The monoisotopic (exact) mass is 586 g/mol. The highest BCUT2D eigenvalue weighted by Gasteiger charge is 2.43. The number of nitrogens with zero attached hydrogens (tertiary/aromatic N) is 1. The van der Waals surface area contributed by atoms with Gasteiger partial charge in [0.25, 0.3) is 5.91 Å². The molecule has 1 saturated carbocycles. The topological polar surface area (TPSA) is 158 Å². The van der Waals surface area contributed by atoms with Gasteiger partial charge in [0.2, 0.25) is 23.6 Å². The molecule has 232 valence electrons. The van der Waals surface area contributed by atoms with E-state index in [2.05, 4.69) is 26.6 Å². The summed E-state index contributed by atoms with van der Waals surface area (Å²) in [4.78, 5) is 68.9. The zero-order valence-corrected chi connectivity index (χ0v) is 25.2. The minimum Gasteiger partial charge on any atom is -0.491 e. The van der Waals surface area contributed by atoms with Crippen LogP contribution in [0.4, 0.5) is 0 Å². The molecular formula is C30H46N6O6. The first-order chi connectivity index (χ1) is 20.0. The van der Waals surface area contributed by atoms with Gasteiger partial charge < -0.3 is 36.2 Å². The number of ether oxygens (including phenoxy) is 1. The molecule has 2 atom stereocenters. The van der Waals surface area contributed by atoms with Crippen LogP contribution in [-0.4, -0.2) is 92.4 Å². The van der Waals surface area contributed by atoms with E-state index in [9.17, 15) is 24.0 Å². The molecule has 12 heteroatoms. The molecule has 1 heterocycles. The Labute approximate surface area is 248 Å². The molecule has 0 saturated heterocycles. The van der Waals surface area contributed by atoms with Crippen molar-refractivity contribution in [3.63, 3.8) is 0 Å². The predicted octanol–water partition coefficient (Wildman–Crippen LogP) is 0.712.